The molecule has 0 bridgehead atoms. The predicted octanol–water partition coefficient (Wildman–Crippen LogP) is 2.07. The van der Waals surface area contributed by atoms with E-state index in [9.17, 15) is 0 Å². The topological polar surface area (TPSA) is 47.1 Å². The number of benzene rings is 1. The number of aryl methyl sites for hydroxylation is 1. The van der Waals surface area contributed by atoms with Crippen LogP contribution < -0.4 is 5.73 Å². The summed E-state index contributed by atoms with van der Waals surface area (Å²) in [6.45, 7) is 5.21. The third-order valence-corrected chi connectivity index (χ3v) is 3.28. The molecule has 1 aromatic heterocycles. The van der Waals surface area contributed by atoms with Crippen LogP contribution >= 0.6 is 0 Å². The van der Waals surface area contributed by atoms with Crippen molar-refractivity contribution in [3.63, 3.8) is 0 Å². The second kappa shape index (κ2) is 6.38. The van der Waals surface area contributed by atoms with Gasteiger partial charge < -0.3 is 5.73 Å². The lowest BCUT2D eigenvalue weighted by atomic mass is 10.1. The fraction of sp³-hybridized carbons (Fsp3) is 0.400. The molecule has 0 amide bonds. The molecule has 0 aliphatic rings. The van der Waals surface area contributed by atoms with Crippen molar-refractivity contribution in [2.24, 2.45) is 7.05 Å². The highest BCUT2D eigenvalue weighted by Crippen LogP contribution is 2.10. The number of anilines is 1. The first kappa shape index (κ1) is 13.6. The van der Waals surface area contributed by atoms with Gasteiger partial charge in [0.05, 0.1) is 6.20 Å². The van der Waals surface area contributed by atoms with Crippen LogP contribution in [-0.4, -0.2) is 27.8 Å². The first-order valence-electron chi connectivity index (χ1n) is 6.71. The van der Waals surface area contributed by atoms with Gasteiger partial charge in [-0.1, -0.05) is 19.1 Å². The highest BCUT2D eigenvalue weighted by Gasteiger charge is 2.05. The van der Waals surface area contributed by atoms with Crippen LogP contribution in [0.1, 0.15) is 18.1 Å². The highest BCUT2D eigenvalue weighted by atomic mass is 15.2. The van der Waals surface area contributed by atoms with Gasteiger partial charge in [-0.15, -0.1) is 0 Å². The first-order chi connectivity index (χ1) is 9.17. The third-order valence-electron chi connectivity index (χ3n) is 3.28. The predicted molar refractivity (Wildman–Crippen MR) is 78.7 cm³/mol. The fourth-order valence-electron chi connectivity index (χ4n) is 2.19. The van der Waals surface area contributed by atoms with Gasteiger partial charge in [-0.2, -0.15) is 5.10 Å². The summed E-state index contributed by atoms with van der Waals surface area (Å²) in [5.41, 5.74) is 9.21. The number of likely N-dealkylation sites (N-methyl/N-ethyl adjacent to an activating group) is 1. The summed E-state index contributed by atoms with van der Waals surface area (Å²) in [6, 6.07) is 8.12. The van der Waals surface area contributed by atoms with Crippen molar-refractivity contribution in [3.05, 3.63) is 47.8 Å². The lowest BCUT2D eigenvalue weighted by Gasteiger charge is -2.20. The Hall–Kier alpha value is -1.81. The molecule has 0 aliphatic heterocycles. The van der Waals surface area contributed by atoms with Gasteiger partial charge in [-0.05, 0) is 36.2 Å². The van der Waals surface area contributed by atoms with Gasteiger partial charge in [0, 0.05) is 32.0 Å². The molecule has 2 rings (SSSR count). The molecule has 0 saturated heterocycles. The minimum Gasteiger partial charge on any atom is -0.399 e. The van der Waals surface area contributed by atoms with Crippen LogP contribution in [0.5, 0.6) is 0 Å². The summed E-state index contributed by atoms with van der Waals surface area (Å²) in [4.78, 5) is 2.42. The minimum absolute atomic E-state index is 0.834. The second-order valence-corrected chi connectivity index (χ2v) is 4.89. The van der Waals surface area contributed by atoms with Crippen molar-refractivity contribution in [3.8, 4) is 0 Å². The quantitative estimate of drug-likeness (QED) is 0.807. The molecule has 4 nitrogen and oxygen atoms in total. The first-order valence-corrected chi connectivity index (χ1v) is 6.71. The van der Waals surface area contributed by atoms with Crippen LogP contribution in [0, 0.1) is 0 Å². The van der Waals surface area contributed by atoms with Gasteiger partial charge in [0.1, 0.15) is 0 Å². The summed E-state index contributed by atoms with van der Waals surface area (Å²) >= 11 is 0. The van der Waals surface area contributed by atoms with E-state index in [1.54, 1.807) is 0 Å². The minimum atomic E-state index is 0.834. The molecule has 102 valence electrons. The van der Waals surface area contributed by atoms with Crippen LogP contribution in [0.25, 0.3) is 0 Å². The van der Waals surface area contributed by atoms with E-state index >= 15 is 0 Å². The number of nitrogen functional groups attached to an aromatic ring is 1. The molecule has 0 radical (unpaired) electrons. The second-order valence-electron chi connectivity index (χ2n) is 4.89. The summed E-state index contributed by atoms with van der Waals surface area (Å²) in [5.74, 6) is 0. The van der Waals surface area contributed by atoms with Crippen LogP contribution in [0.2, 0.25) is 0 Å². The van der Waals surface area contributed by atoms with Crippen molar-refractivity contribution in [1.29, 1.82) is 0 Å². The Kier molecular flexibility index (Phi) is 4.58. The Morgan fingerprint density at radius 3 is 2.79 bits per heavy atom. The molecule has 0 saturated carbocycles. The average Bonchev–Trinajstić information content (AvgIpc) is 2.80. The van der Waals surface area contributed by atoms with E-state index in [-0.39, 0.29) is 0 Å². The number of aromatic nitrogens is 2. The zero-order valence-corrected chi connectivity index (χ0v) is 11.7. The maximum atomic E-state index is 5.81. The van der Waals surface area contributed by atoms with Crippen molar-refractivity contribution in [2.75, 3.05) is 18.8 Å². The molecule has 1 heterocycles. The molecule has 0 atom stereocenters. The van der Waals surface area contributed by atoms with E-state index in [0.717, 1.165) is 31.7 Å². The summed E-state index contributed by atoms with van der Waals surface area (Å²) in [7, 11) is 1.95. The molecule has 4 heteroatoms. The third kappa shape index (κ3) is 4.10. The molecular weight excluding hydrogens is 236 g/mol. The molecule has 0 unspecified atom stereocenters. The fourth-order valence-corrected chi connectivity index (χ4v) is 2.19. The highest BCUT2D eigenvalue weighted by molar-refractivity contribution is 5.40. The van der Waals surface area contributed by atoms with E-state index in [1.165, 1.54) is 11.1 Å². The normalized spacial score (nSPS) is 11.1. The van der Waals surface area contributed by atoms with Crippen LogP contribution in [-0.2, 0) is 20.0 Å². The van der Waals surface area contributed by atoms with Gasteiger partial charge in [0.2, 0.25) is 0 Å². The van der Waals surface area contributed by atoms with Gasteiger partial charge in [0.15, 0.2) is 0 Å². The SMILES string of the molecule is CCN(CCc1cnn(C)c1)Cc1cccc(N)c1. The van der Waals surface area contributed by atoms with E-state index in [0.29, 0.717) is 0 Å². The zero-order valence-electron chi connectivity index (χ0n) is 11.7. The molecule has 1 aromatic carbocycles. The number of nitrogens with two attached hydrogens (primary N) is 1. The number of hydrogen-bond donors (Lipinski definition) is 1. The van der Waals surface area contributed by atoms with Crippen LogP contribution in [0.15, 0.2) is 36.7 Å². The molecule has 0 fully saturated rings. The van der Waals surface area contributed by atoms with Crippen molar-refractivity contribution < 1.29 is 0 Å². The van der Waals surface area contributed by atoms with E-state index in [2.05, 4.69) is 29.2 Å². The Morgan fingerprint density at radius 2 is 2.16 bits per heavy atom. The Morgan fingerprint density at radius 1 is 1.32 bits per heavy atom. The summed E-state index contributed by atoms with van der Waals surface area (Å²) < 4.78 is 1.85. The monoisotopic (exact) mass is 258 g/mol. The smallest absolute Gasteiger partial charge is 0.0522 e. The van der Waals surface area contributed by atoms with Gasteiger partial charge in [-0.25, -0.2) is 0 Å². The Bertz CT molecular complexity index is 518. The molecule has 2 N–H and O–H groups in total. The maximum absolute atomic E-state index is 5.81. The molecule has 0 spiro atoms. The molecule has 2 aromatic rings. The van der Waals surface area contributed by atoms with Gasteiger partial charge in [-0.3, -0.25) is 9.58 Å². The van der Waals surface area contributed by atoms with Crippen molar-refractivity contribution in [1.82, 2.24) is 14.7 Å². The van der Waals surface area contributed by atoms with Crippen molar-refractivity contribution >= 4 is 5.69 Å². The standard InChI is InChI=1S/C15H22N4/c1-3-19(8-7-14-10-17-18(2)11-14)12-13-5-4-6-15(16)9-13/h4-6,9-11H,3,7-8,12,16H2,1-2H3. The zero-order chi connectivity index (χ0) is 13.7. The molecule has 0 aliphatic carbocycles. The largest absolute Gasteiger partial charge is 0.399 e. The van der Waals surface area contributed by atoms with E-state index < -0.39 is 0 Å². The Labute approximate surface area is 114 Å². The van der Waals surface area contributed by atoms with Crippen LogP contribution in [0.3, 0.4) is 0 Å². The van der Waals surface area contributed by atoms with Gasteiger partial charge in [0.25, 0.3) is 0 Å². The number of rotatable bonds is 6. The lowest BCUT2D eigenvalue weighted by molar-refractivity contribution is 0.283. The summed E-state index contributed by atoms with van der Waals surface area (Å²) in [5, 5.41) is 4.20. The summed E-state index contributed by atoms with van der Waals surface area (Å²) in [6.07, 6.45) is 5.05. The van der Waals surface area contributed by atoms with Crippen LogP contribution in [0.4, 0.5) is 5.69 Å². The Balaban J connectivity index is 1.89. The number of nitrogens with zero attached hydrogens (tertiary/aromatic N) is 3. The average molecular weight is 258 g/mol. The number of hydrogen-bond acceptors (Lipinski definition) is 3. The van der Waals surface area contributed by atoms with Gasteiger partial charge >= 0.3 is 0 Å². The van der Waals surface area contributed by atoms with E-state index in [1.807, 2.05) is 36.1 Å². The molecular formula is C15H22N4. The van der Waals surface area contributed by atoms with Crippen molar-refractivity contribution in [2.45, 2.75) is 19.9 Å². The maximum Gasteiger partial charge on any atom is 0.0522 e. The molecule has 19 heavy (non-hydrogen) atoms. The van der Waals surface area contributed by atoms with E-state index in [4.69, 9.17) is 5.73 Å². The lowest BCUT2D eigenvalue weighted by Crippen LogP contribution is -2.25.